The monoisotopic (exact) mass is 559 g/mol. The van der Waals surface area contributed by atoms with Gasteiger partial charge < -0.3 is 0 Å². The fraction of sp³-hybridized carbons (Fsp3) is 0.267. The van der Waals surface area contributed by atoms with Gasteiger partial charge in [-0.05, 0) is 59.7 Å². The number of halogens is 1. The van der Waals surface area contributed by atoms with Crippen molar-refractivity contribution in [2.45, 2.75) is 44.9 Å². The van der Waals surface area contributed by atoms with Crippen LogP contribution in [-0.2, 0) is 0 Å². The lowest BCUT2D eigenvalue weighted by molar-refractivity contribution is 0.558. The van der Waals surface area contributed by atoms with Crippen molar-refractivity contribution in [3.05, 3.63) is 90.9 Å². The first-order valence-corrected chi connectivity index (χ1v) is 13.8. The molecule has 1 unspecified atom stereocenters. The zero-order valence-electron chi connectivity index (χ0n) is 19.6. The molecule has 0 aliphatic heterocycles. The Kier molecular flexibility index (Phi) is 7.24. The molecule has 3 aromatic heterocycles. The third-order valence-electron chi connectivity index (χ3n) is 6.76. The summed E-state index contributed by atoms with van der Waals surface area (Å²) in [6, 6.07) is 24.0. The normalized spacial score (nSPS) is 12.4. The summed E-state index contributed by atoms with van der Waals surface area (Å²) in [6.45, 7) is 2.28. The van der Waals surface area contributed by atoms with E-state index in [0.717, 1.165) is 27.8 Å². The second kappa shape index (κ2) is 10.7. The molecule has 0 bridgehead atoms. The number of fused-ring (bicyclic) bond motifs is 2. The van der Waals surface area contributed by atoms with Gasteiger partial charge in [0.25, 0.3) is 0 Å². The summed E-state index contributed by atoms with van der Waals surface area (Å²) in [7, 11) is 0. The van der Waals surface area contributed by atoms with Gasteiger partial charge in [-0.2, -0.15) is 0 Å². The van der Waals surface area contributed by atoms with Crippen LogP contribution in [0.15, 0.2) is 85.3 Å². The van der Waals surface area contributed by atoms with E-state index in [2.05, 4.69) is 106 Å². The molecule has 0 radical (unpaired) electrons. The van der Waals surface area contributed by atoms with E-state index in [0.29, 0.717) is 5.92 Å². The molecule has 3 heterocycles. The van der Waals surface area contributed by atoms with Crippen molar-refractivity contribution in [2.75, 3.05) is 4.43 Å². The van der Waals surface area contributed by atoms with Crippen LogP contribution in [0, 0.1) is 0 Å². The Hall–Kier alpha value is -2.73. The van der Waals surface area contributed by atoms with Crippen LogP contribution in [-0.4, -0.2) is 18.8 Å². The summed E-state index contributed by atoms with van der Waals surface area (Å²) in [5, 5.41) is 1.14. The predicted molar refractivity (Wildman–Crippen MR) is 152 cm³/mol. The molecular formula is C30H30IN3. The van der Waals surface area contributed by atoms with Gasteiger partial charge in [0.15, 0.2) is 0 Å². The smallest absolute Gasteiger partial charge is 0.137 e. The first-order chi connectivity index (χ1) is 16.8. The molecule has 1 atom stereocenters. The highest BCUT2D eigenvalue weighted by Crippen LogP contribution is 2.32. The molecule has 3 nitrogen and oxygen atoms in total. The van der Waals surface area contributed by atoms with Crippen LogP contribution in [0.4, 0.5) is 0 Å². The minimum atomic E-state index is 0.671. The molecule has 34 heavy (non-hydrogen) atoms. The van der Waals surface area contributed by atoms with Gasteiger partial charge in [0, 0.05) is 27.8 Å². The SMILES string of the molecule is CCCCCC(CCI)c1ccc(-c2ccn3c(-c4cccc5ncccc45)cnc3c2)cc1. The molecule has 4 heteroatoms. The molecule has 2 aromatic carbocycles. The van der Waals surface area contributed by atoms with E-state index in [1.54, 1.807) is 0 Å². The minimum Gasteiger partial charge on any atom is -0.300 e. The van der Waals surface area contributed by atoms with Crippen molar-refractivity contribution in [3.63, 3.8) is 0 Å². The van der Waals surface area contributed by atoms with Gasteiger partial charge >= 0.3 is 0 Å². The van der Waals surface area contributed by atoms with Crippen molar-refractivity contribution >= 4 is 39.1 Å². The van der Waals surface area contributed by atoms with Crippen LogP contribution < -0.4 is 0 Å². The predicted octanol–water partition coefficient (Wildman–Crippen LogP) is 8.71. The summed E-state index contributed by atoms with van der Waals surface area (Å²) >= 11 is 2.51. The summed E-state index contributed by atoms with van der Waals surface area (Å²) in [5.41, 5.74) is 8.12. The number of imidazole rings is 1. The number of unbranched alkanes of at least 4 members (excludes halogenated alkanes) is 2. The quantitative estimate of drug-likeness (QED) is 0.103. The Morgan fingerprint density at radius 1 is 0.882 bits per heavy atom. The highest BCUT2D eigenvalue weighted by Gasteiger charge is 2.13. The average molecular weight is 559 g/mol. The maximum atomic E-state index is 4.74. The van der Waals surface area contributed by atoms with Crippen LogP contribution in [0.1, 0.15) is 50.5 Å². The maximum Gasteiger partial charge on any atom is 0.137 e. The molecule has 0 N–H and O–H groups in total. The number of hydrogen-bond acceptors (Lipinski definition) is 2. The standard InChI is InChI=1S/C30H30IN3/c1-2-3-4-7-22(15-17-31)23-11-13-24(14-12-23)25-16-19-34-29(21-33-30(34)20-25)27-8-5-10-28-26(27)9-6-18-32-28/h5-6,8-14,16,18-22H,2-4,7,15,17H2,1H3. The molecule has 0 amide bonds. The molecule has 0 spiro atoms. The van der Waals surface area contributed by atoms with E-state index in [9.17, 15) is 0 Å². The van der Waals surface area contributed by atoms with Crippen molar-refractivity contribution in [2.24, 2.45) is 0 Å². The van der Waals surface area contributed by atoms with Gasteiger partial charge in [-0.1, -0.05) is 91.2 Å². The van der Waals surface area contributed by atoms with Crippen molar-refractivity contribution in [3.8, 4) is 22.4 Å². The van der Waals surface area contributed by atoms with Gasteiger partial charge in [-0.15, -0.1) is 0 Å². The number of pyridine rings is 2. The fourth-order valence-corrected chi connectivity index (χ4v) is 5.64. The molecule has 0 fully saturated rings. The molecule has 0 saturated carbocycles. The lowest BCUT2D eigenvalue weighted by atomic mass is 9.90. The third kappa shape index (κ3) is 4.74. The number of hydrogen-bond donors (Lipinski definition) is 0. The molecule has 0 aliphatic carbocycles. The number of benzene rings is 2. The number of nitrogens with zero attached hydrogens (tertiary/aromatic N) is 3. The molecule has 5 aromatic rings. The van der Waals surface area contributed by atoms with Crippen LogP contribution in [0.25, 0.3) is 38.9 Å². The van der Waals surface area contributed by atoms with Crippen molar-refractivity contribution < 1.29 is 0 Å². The van der Waals surface area contributed by atoms with E-state index in [-0.39, 0.29) is 0 Å². The van der Waals surface area contributed by atoms with Crippen LogP contribution in [0.2, 0.25) is 0 Å². The van der Waals surface area contributed by atoms with Gasteiger partial charge in [-0.25, -0.2) is 4.98 Å². The first kappa shape index (κ1) is 23.0. The minimum absolute atomic E-state index is 0.671. The first-order valence-electron chi connectivity index (χ1n) is 12.3. The molecular weight excluding hydrogens is 529 g/mol. The van der Waals surface area contributed by atoms with Gasteiger partial charge in [0.05, 0.1) is 17.4 Å². The van der Waals surface area contributed by atoms with E-state index in [1.165, 1.54) is 53.2 Å². The number of aromatic nitrogens is 3. The Labute approximate surface area is 215 Å². The number of rotatable bonds is 9. The lowest BCUT2D eigenvalue weighted by Crippen LogP contribution is -2.00. The summed E-state index contributed by atoms with van der Waals surface area (Å²) in [6.07, 6.45) is 12.4. The van der Waals surface area contributed by atoms with E-state index in [1.807, 2.05) is 18.5 Å². The van der Waals surface area contributed by atoms with Crippen LogP contribution in [0.3, 0.4) is 0 Å². The molecule has 172 valence electrons. The Balaban J connectivity index is 1.43. The fourth-order valence-electron chi connectivity index (χ4n) is 4.88. The van der Waals surface area contributed by atoms with E-state index in [4.69, 9.17) is 4.98 Å². The highest BCUT2D eigenvalue weighted by atomic mass is 127. The highest BCUT2D eigenvalue weighted by molar-refractivity contribution is 14.1. The average Bonchev–Trinajstić information content (AvgIpc) is 3.31. The maximum absolute atomic E-state index is 4.74. The van der Waals surface area contributed by atoms with Crippen LogP contribution >= 0.6 is 22.6 Å². The lowest BCUT2D eigenvalue weighted by Gasteiger charge is -2.17. The topological polar surface area (TPSA) is 30.2 Å². The zero-order valence-corrected chi connectivity index (χ0v) is 21.8. The molecule has 5 rings (SSSR count). The van der Waals surface area contributed by atoms with E-state index < -0.39 is 0 Å². The van der Waals surface area contributed by atoms with Crippen molar-refractivity contribution in [1.82, 2.24) is 14.4 Å². The number of alkyl halides is 1. The Morgan fingerprint density at radius 3 is 2.59 bits per heavy atom. The van der Waals surface area contributed by atoms with Gasteiger partial charge in [0.2, 0.25) is 0 Å². The third-order valence-corrected chi connectivity index (χ3v) is 7.39. The van der Waals surface area contributed by atoms with E-state index >= 15 is 0 Å². The molecule has 0 saturated heterocycles. The molecule has 0 aliphatic rings. The second-order valence-corrected chi connectivity index (χ2v) is 10.0. The largest absolute Gasteiger partial charge is 0.300 e. The Bertz CT molecular complexity index is 1380. The summed E-state index contributed by atoms with van der Waals surface area (Å²) in [4.78, 5) is 9.25. The zero-order chi connectivity index (χ0) is 23.3. The summed E-state index contributed by atoms with van der Waals surface area (Å²) < 4.78 is 3.38. The Morgan fingerprint density at radius 2 is 1.76 bits per heavy atom. The van der Waals surface area contributed by atoms with Crippen LogP contribution in [0.5, 0.6) is 0 Å². The van der Waals surface area contributed by atoms with Gasteiger partial charge in [0.1, 0.15) is 5.65 Å². The van der Waals surface area contributed by atoms with Gasteiger partial charge in [-0.3, -0.25) is 9.38 Å². The van der Waals surface area contributed by atoms with Crippen molar-refractivity contribution in [1.29, 1.82) is 0 Å². The second-order valence-electron chi connectivity index (χ2n) is 8.96. The summed E-state index contributed by atoms with van der Waals surface area (Å²) in [5.74, 6) is 0.671.